The van der Waals surface area contributed by atoms with Crippen molar-refractivity contribution in [2.24, 2.45) is 5.73 Å². The fourth-order valence-electron chi connectivity index (χ4n) is 3.51. The summed E-state index contributed by atoms with van der Waals surface area (Å²) in [7, 11) is 0. The van der Waals surface area contributed by atoms with E-state index in [2.05, 4.69) is 67.3 Å². The first kappa shape index (κ1) is 14.2. The smallest absolute Gasteiger partial charge is 0.0693 e. The molecule has 21 heavy (non-hydrogen) atoms. The minimum absolute atomic E-state index is 0.0947. The highest BCUT2D eigenvalue weighted by atomic mass is 15.2. The van der Waals surface area contributed by atoms with Crippen molar-refractivity contribution in [3.8, 4) is 0 Å². The lowest BCUT2D eigenvalue weighted by molar-refractivity contribution is 0.508. The molecule has 2 aromatic rings. The van der Waals surface area contributed by atoms with Gasteiger partial charge in [-0.3, -0.25) is 0 Å². The first-order valence-corrected chi connectivity index (χ1v) is 7.84. The molecular formula is C19H24N2. The van der Waals surface area contributed by atoms with E-state index in [0.29, 0.717) is 0 Å². The molecule has 0 spiro atoms. The highest BCUT2D eigenvalue weighted by molar-refractivity contribution is 5.58. The van der Waals surface area contributed by atoms with Gasteiger partial charge in [-0.25, -0.2) is 0 Å². The van der Waals surface area contributed by atoms with E-state index in [1.165, 1.54) is 35.2 Å². The number of nitrogens with zero attached hydrogens (tertiary/aromatic N) is 1. The summed E-state index contributed by atoms with van der Waals surface area (Å²) in [6.07, 6.45) is 2.37. The van der Waals surface area contributed by atoms with Crippen molar-refractivity contribution in [3.63, 3.8) is 0 Å². The third-order valence-corrected chi connectivity index (χ3v) is 4.49. The number of aryl methyl sites for hydroxylation is 2. The van der Waals surface area contributed by atoms with Crippen LogP contribution in [0.1, 0.15) is 36.1 Å². The van der Waals surface area contributed by atoms with E-state index < -0.39 is 0 Å². The Morgan fingerprint density at radius 1 is 1.05 bits per heavy atom. The van der Waals surface area contributed by atoms with E-state index >= 15 is 0 Å². The quantitative estimate of drug-likeness (QED) is 0.925. The fourth-order valence-corrected chi connectivity index (χ4v) is 3.51. The molecule has 3 rings (SSSR count). The molecule has 0 aromatic heterocycles. The van der Waals surface area contributed by atoms with Crippen LogP contribution in [-0.4, -0.2) is 12.6 Å². The van der Waals surface area contributed by atoms with Gasteiger partial charge in [0, 0.05) is 18.3 Å². The van der Waals surface area contributed by atoms with Crippen LogP contribution in [0.2, 0.25) is 0 Å². The standard InChI is InChI=1S/C19H24N2/c1-14-8-3-5-11-17(14)19(15(2)20)21-13-7-10-16-9-4-6-12-18(16)21/h3-6,8-9,11-12,15,19H,7,10,13,20H2,1-2H3. The maximum absolute atomic E-state index is 6.38. The SMILES string of the molecule is Cc1ccccc1C(C(C)N)N1CCCc2ccccc21. The summed E-state index contributed by atoms with van der Waals surface area (Å²) in [5, 5.41) is 0. The number of rotatable bonds is 3. The molecule has 2 aromatic carbocycles. The second kappa shape index (κ2) is 5.90. The summed E-state index contributed by atoms with van der Waals surface area (Å²) >= 11 is 0. The molecule has 2 heteroatoms. The normalized spacial score (nSPS) is 17.2. The van der Waals surface area contributed by atoms with E-state index in [-0.39, 0.29) is 12.1 Å². The summed E-state index contributed by atoms with van der Waals surface area (Å²) < 4.78 is 0. The Labute approximate surface area is 127 Å². The van der Waals surface area contributed by atoms with Crippen molar-refractivity contribution in [2.45, 2.75) is 38.8 Å². The van der Waals surface area contributed by atoms with E-state index in [0.717, 1.165) is 6.54 Å². The molecule has 0 aliphatic carbocycles. The number of para-hydroxylation sites is 1. The zero-order valence-electron chi connectivity index (χ0n) is 12.9. The Bertz CT molecular complexity index is 618. The minimum Gasteiger partial charge on any atom is -0.363 e. The largest absolute Gasteiger partial charge is 0.363 e. The van der Waals surface area contributed by atoms with Crippen molar-refractivity contribution < 1.29 is 0 Å². The number of hydrogen-bond acceptors (Lipinski definition) is 2. The highest BCUT2D eigenvalue weighted by Gasteiger charge is 2.28. The molecule has 1 aliphatic rings. The Morgan fingerprint density at radius 2 is 1.76 bits per heavy atom. The van der Waals surface area contributed by atoms with Gasteiger partial charge in [0.15, 0.2) is 0 Å². The van der Waals surface area contributed by atoms with E-state index in [1.54, 1.807) is 0 Å². The molecule has 110 valence electrons. The third kappa shape index (κ3) is 2.68. The van der Waals surface area contributed by atoms with Gasteiger partial charge in [-0.2, -0.15) is 0 Å². The van der Waals surface area contributed by atoms with Gasteiger partial charge in [0.25, 0.3) is 0 Å². The first-order chi connectivity index (χ1) is 10.2. The van der Waals surface area contributed by atoms with Crippen LogP contribution in [0.15, 0.2) is 48.5 Å². The average molecular weight is 280 g/mol. The lowest BCUT2D eigenvalue weighted by Gasteiger charge is -2.40. The van der Waals surface area contributed by atoms with Crippen LogP contribution in [0.5, 0.6) is 0 Å². The molecule has 2 atom stereocenters. The molecule has 1 heterocycles. The summed E-state index contributed by atoms with van der Waals surface area (Å²) in [6.45, 7) is 5.38. The second-order valence-corrected chi connectivity index (χ2v) is 6.09. The molecule has 0 fully saturated rings. The number of fused-ring (bicyclic) bond motifs is 1. The number of benzene rings is 2. The van der Waals surface area contributed by atoms with E-state index in [9.17, 15) is 0 Å². The van der Waals surface area contributed by atoms with Gasteiger partial charge < -0.3 is 10.6 Å². The Morgan fingerprint density at radius 3 is 2.52 bits per heavy atom. The Hall–Kier alpha value is -1.80. The molecule has 0 bridgehead atoms. The molecule has 0 amide bonds. The molecule has 2 N–H and O–H groups in total. The highest BCUT2D eigenvalue weighted by Crippen LogP contribution is 2.36. The molecule has 0 saturated heterocycles. The summed E-state index contributed by atoms with van der Waals surface area (Å²) in [5.41, 5.74) is 11.9. The summed E-state index contributed by atoms with van der Waals surface area (Å²) in [6, 6.07) is 17.7. The first-order valence-electron chi connectivity index (χ1n) is 7.84. The van der Waals surface area contributed by atoms with Gasteiger partial charge in [-0.05, 0) is 49.4 Å². The molecule has 1 aliphatic heterocycles. The lowest BCUT2D eigenvalue weighted by atomic mass is 9.91. The summed E-state index contributed by atoms with van der Waals surface area (Å²) in [5.74, 6) is 0. The average Bonchev–Trinajstić information content (AvgIpc) is 2.49. The minimum atomic E-state index is 0.0947. The topological polar surface area (TPSA) is 29.3 Å². The van der Waals surface area contributed by atoms with Gasteiger partial charge >= 0.3 is 0 Å². The Balaban J connectivity index is 2.06. The van der Waals surface area contributed by atoms with Gasteiger partial charge in [-0.15, -0.1) is 0 Å². The predicted molar refractivity (Wildman–Crippen MR) is 89.7 cm³/mol. The zero-order chi connectivity index (χ0) is 14.8. The van der Waals surface area contributed by atoms with Gasteiger partial charge in [0.2, 0.25) is 0 Å². The Kier molecular flexibility index (Phi) is 3.98. The second-order valence-electron chi connectivity index (χ2n) is 6.09. The fraction of sp³-hybridized carbons (Fsp3) is 0.368. The van der Waals surface area contributed by atoms with Gasteiger partial charge in [-0.1, -0.05) is 42.5 Å². The summed E-state index contributed by atoms with van der Waals surface area (Å²) in [4.78, 5) is 2.51. The van der Waals surface area contributed by atoms with Crippen LogP contribution in [0.25, 0.3) is 0 Å². The zero-order valence-corrected chi connectivity index (χ0v) is 12.9. The van der Waals surface area contributed by atoms with Crippen LogP contribution in [0, 0.1) is 6.92 Å². The van der Waals surface area contributed by atoms with E-state index in [1.807, 2.05) is 0 Å². The van der Waals surface area contributed by atoms with Gasteiger partial charge in [0.1, 0.15) is 0 Å². The van der Waals surface area contributed by atoms with Crippen molar-refractivity contribution in [1.29, 1.82) is 0 Å². The van der Waals surface area contributed by atoms with Crippen LogP contribution < -0.4 is 10.6 Å². The van der Waals surface area contributed by atoms with Crippen molar-refractivity contribution >= 4 is 5.69 Å². The maximum Gasteiger partial charge on any atom is 0.0693 e. The molecule has 0 saturated carbocycles. The van der Waals surface area contributed by atoms with E-state index in [4.69, 9.17) is 5.73 Å². The molecule has 2 unspecified atom stereocenters. The number of anilines is 1. The van der Waals surface area contributed by atoms with Crippen molar-refractivity contribution in [3.05, 3.63) is 65.2 Å². The van der Waals surface area contributed by atoms with Crippen LogP contribution in [0.3, 0.4) is 0 Å². The van der Waals surface area contributed by atoms with Crippen molar-refractivity contribution in [1.82, 2.24) is 0 Å². The van der Waals surface area contributed by atoms with Gasteiger partial charge in [0.05, 0.1) is 6.04 Å². The molecule has 2 nitrogen and oxygen atoms in total. The third-order valence-electron chi connectivity index (χ3n) is 4.49. The monoisotopic (exact) mass is 280 g/mol. The van der Waals surface area contributed by atoms with Crippen LogP contribution in [0.4, 0.5) is 5.69 Å². The number of nitrogens with two attached hydrogens (primary N) is 1. The molecular weight excluding hydrogens is 256 g/mol. The van der Waals surface area contributed by atoms with Crippen LogP contribution in [-0.2, 0) is 6.42 Å². The number of hydrogen-bond donors (Lipinski definition) is 1. The molecule has 0 radical (unpaired) electrons. The lowest BCUT2D eigenvalue weighted by Crippen LogP contribution is -2.42. The maximum atomic E-state index is 6.38. The van der Waals surface area contributed by atoms with Crippen molar-refractivity contribution in [2.75, 3.05) is 11.4 Å². The predicted octanol–water partition coefficient (Wildman–Crippen LogP) is 3.84. The van der Waals surface area contributed by atoms with Crippen LogP contribution >= 0.6 is 0 Å².